The molecule has 0 bridgehead atoms. The van der Waals surface area contributed by atoms with Crippen LogP contribution in [0.2, 0.25) is 6.04 Å². The Hall–Kier alpha value is 0.717. The van der Waals surface area contributed by atoms with Crippen LogP contribution >= 0.6 is 41.2 Å². The molecule has 3 nitrogen and oxygen atoms in total. The Morgan fingerprint density at radius 3 is 1.37 bits per heavy atom. The number of unbranched alkanes of at least 4 members (excludes halogenated alkanes) is 16. The average molecular weight is 665 g/mol. The lowest BCUT2D eigenvalue weighted by atomic mass is 10.0. The number of hydrogen-bond acceptors (Lipinski definition) is 7. The van der Waals surface area contributed by atoms with E-state index in [1.54, 1.807) is 0 Å². The third kappa shape index (κ3) is 30.5. The first-order valence-electron chi connectivity index (χ1n) is 16.7. The summed E-state index contributed by atoms with van der Waals surface area (Å²) in [6, 6.07) is 0.920. The molecular formula is C33H64O3S4Si. The van der Waals surface area contributed by atoms with Crippen molar-refractivity contribution < 1.29 is 13.3 Å². The van der Waals surface area contributed by atoms with Gasteiger partial charge in [-0.05, 0) is 66.1 Å². The van der Waals surface area contributed by atoms with Crippen LogP contribution in [0.15, 0.2) is 37.0 Å². The second-order valence-corrected chi connectivity index (χ2v) is 19.3. The normalized spacial score (nSPS) is 12.3. The van der Waals surface area contributed by atoms with Gasteiger partial charge in [-0.1, -0.05) is 148 Å². The highest BCUT2D eigenvalue weighted by molar-refractivity contribution is 9.26. The molecule has 0 aromatic heterocycles. The Labute approximate surface area is 272 Å². The molecule has 0 radical (unpaired) electrons. The van der Waals surface area contributed by atoms with E-state index in [1.165, 1.54) is 115 Å². The molecule has 0 aromatic rings. The third-order valence-electron chi connectivity index (χ3n) is 6.77. The molecule has 0 fully saturated rings. The molecule has 0 saturated carbocycles. The zero-order valence-corrected chi connectivity index (χ0v) is 31.2. The molecule has 0 aliphatic carbocycles. The maximum Gasteiger partial charge on any atom is 0.500 e. The van der Waals surface area contributed by atoms with Crippen LogP contribution in [0.25, 0.3) is 0 Å². The summed E-state index contributed by atoms with van der Waals surface area (Å²) < 4.78 is 17.8. The molecule has 0 aliphatic heterocycles. The standard InChI is InChI=1S/C33H64O3S4Si/c1-5-9-10-11-12-13-14-15-16-17-18-19-20-21-22-23-24-25-26-27-28-29-31-37-39-40-38-32-30-33-41(34-6-2,35-7-3)36-8-4/h5,9-12H,1,6-8,13-33H2,2-4H3. The van der Waals surface area contributed by atoms with Crippen LogP contribution in [0.3, 0.4) is 0 Å². The van der Waals surface area contributed by atoms with Crippen LogP contribution in [0.1, 0.15) is 136 Å². The first-order valence-corrected chi connectivity index (χ1v) is 23.8. The highest BCUT2D eigenvalue weighted by Gasteiger charge is 2.39. The minimum Gasteiger partial charge on any atom is -0.374 e. The maximum absolute atomic E-state index is 5.94. The Balaban J connectivity index is 3.29. The Morgan fingerprint density at radius 1 is 0.512 bits per heavy atom. The molecule has 8 heteroatoms. The van der Waals surface area contributed by atoms with Crippen molar-refractivity contribution in [1.82, 2.24) is 0 Å². The van der Waals surface area contributed by atoms with Gasteiger partial charge in [0.1, 0.15) is 0 Å². The molecular weight excluding hydrogens is 601 g/mol. The Kier molecular flexibility index (Phi) is 35.8. The topological polar surface area (TPSA) is 27.7 Å². The molecule has 242 valence electrons. The number of rotatable bonds is 34. The molecule has 0 spiro atoms. The minimum absolute atomic E-state index is 0.663. The van der Waals surface area contributed by atoms with Crippen LogP contribution in [0.5, 0.6) is 0 Å². The van der Waals surface area contributed by atoms with Crippen LogP contribution < -0.4 is 0 Å². The van der Waals surface area contributed by atoms with Gasteiger partial charge < -0.3 is 13.3 Å². The summed E-state index contributed by atoms with van der Waals surface area (Å²) >= 11 is 0. The lowest BCUT2D eigenvalue weighted by Crippen LogP contribution is -2.46. The van der Waals surface area contributed by atoms with Crippen LogP contribution in [0, 0.1) is 0 Å². The fourth-order valence-corrected chi connectivity index (χ4v) is 13.7. The first kappa shape index (κ1) is 41.7. The zero-order chi connectivity index (χ0) is 30.0. The monoisotopic (exact) mass is 664 g/mol. The van der Waals surface area contributed by atoms with E-state index in [4.69, 9.17) is 13.3 Å². The van der Waals surface area contributed by atoms with Crippen molar-refractivity contribution >= 4 is 50.0 Å². The van der Waals surface area contributed by atoms with Gasteiger partial charge in [-0.2, -0.15) is 0 Å². The van der Waals surface area contributed by atoms with Gasteiger partial charge in [0.05, 0.1) is 0 Å². The third-order valence-corrected chi connectivity index (χ3v) is 16.6. The van der Waals surface area contributed by atoms with E-state index < -0.39 is 8.80 Å². The van der Waals surface area contributed by atoms with E-state index in [2.05, 4.69) is 24.8 Å². The molecule has 0 aromatic carbocycles. The summed E-state index contributed by atoms with van der Waals surface area (Å²) in [7, 11) is 5.37. The molecule has 0 atom stereocenters. The van der Waals surface area contributed by atoms with E-state index in [-0.39, 0.29) is 0 Å². The number of allylic oxidation sites excluding steroid dienone is 5. The van der Waals surface area contributed by atoms with Crippen molar-refractivity contribution in [3.05, 3.63) is 37.0 Å². The van der Waals surface area contributed by atoms with Crippen molar-refractivity contribution in [2.75, 3.05) is 31.3 Å². The van der Waals surface area contributed by atoms with Gasteiger partial charge in [-0.25, -0.2) is 0 Å². The Morgan fingerprint density at radius 2 is 0.927 bits per heavy atom. The van der Waals surface area contributed by atoms with Gasteiger partial charge >= 0.3 is 8.80 Å². The average Bonchev–Trinajstić information content (AvgIpc) is 2.97. The van der Waals surface area contributed by atoms with Crippen LogP contribution in [-0.2, 0) is 13.3 Å². The molecule has 0 N–H and O–H groups in total. The maximum atomic E-state index is 5.94. The van der Waals surface area contributed by atoms with E-state index in [9.17, 15) is 0 Å². The Bertz CT molecular complexity index is 576. The van der Waals surface area contributed by atoms with E-state index in [1.807, 2.05) is 74.2 Å². The van der Waals surface area contributed by atoms with Gasteiger partial charge in [0.15, 0.2) is 0 Å². The van der Waals surface area contributed by atoms with E-state index >= 15 is 0 Å². The van der Waals surface area contributed by atoms with Crippen molar-refractivity contribution in [3.63, 3.8) is 0 Å². The van der Waals surface area contributed by atoms with Gasteiger partial charge in [-0.15, -0.1) is 0 Å². The zero-order valence-electron chi connectivity index (χ0n) is 26.9. The van der Waals surface area contributed by atoms with Crippen molar-refractivity contribution in [3.8, 4) is 0 Å². The fraction of sp³-hybridized carbons (Fsp3) is 0.818. The highest BCUT2D eigenvalue weighted by atomic mass is 33.7. The second-order valence-electron chi connectivity index (χ2n) is 10.4. The predicted octanol–water partition coefficient (Wildman–Crippen LogP) is 13.0. The molecule has 0 amide bonds. The molecule has 0 heterocycles. The first-order chi connectivity index (χ1) is 20.2. The fourth-order valence-electron chi connectivity index (χ4n) is 4.67. The van der Waals surface area contributed by atoms with Gasteiger partial charge in [-0.3, -0.25) is 0 Å². The molecule has 0 aliphatic rings. The quantitative estimate of drug-likeness (QED) is 0.0292. The van der Waals surface area contributed by atoms with Gasteiger partial charge in [0.25, 0.3) is 0 Å². The predicted molar refractivity (Wildman–Crippen MR) is 197 cm³/mol. The summed E-state index contributed by atoms with van der Waals surface area (Å²) in [6.45, 7) is 11.7. The molecule has 0 unspecified atom stereocenters. The van der Waals surface area contributed by atoms with Gasteiger partial charge in [0, 0.05) is 37.4 Å². The molecule has 41 heavy (non-hydrogen) atoms. The summed E-state index contributed by atoms with van der Waals surface area (Å²) in [6.07, 6.45) is 35.3. The smallest absolute Gasteiger partial charge is 0.374 e. The highest BCUT2D eigenvalue weighted by Crippen LogP contribution is 2.43. The van der Waals surface area contributed by atoms with Crippen LogP contribution in [-0.4, -0.2) is 40.1 Å². The largest absolute Gasteiger partial charge is 0.500 e. The van der Waals surface area contributed by atoms with Crippen molar-refractivity contribution in [1.29, 1.82) is 0 Å². The molecule has 0 saturated heterocycles. The minimum atomic E-state index is -2.46. The number of hydrogen-bond donors (Lipinski definition) is 0. The van der Waals surface area contributed by atoms with Gasteiger partial charge in [0.2, 0.25) is 0 Å². The summed E-state index contributed by atoms with van der Waals surface area (Å²) in [5.41, 5.74) is 0. The van der Waals surface area contributed by atoms with Crippen LogP contribution in [0.4, 0.5) is 0 Å². The molecule has 0 rings (SSSR count). The summed E-state index contributed by atoms with van der Waals surface area (Å²) in [5, 5.41) is 0. The lowest BCUT2D eigenvalue weighted by molar-refractivity contribution is 0.0712. The van der Waals surface area contributed by atoms with Crippen molar-refractivity contribution in [2.24, 2.45) is 0 Å². The van der Waals surface area contributed by atoms with E-state index in [0.717, 1.165) is 18.2 Å². The summed E-state index contributed by atoms with van der Waals surface area (Å²) in [4.78, 5) is 0. The van der Waals surface area contributed by atoms with Crippen molar-refractivity contribution in [2.45, 2.75) is 142 Å². The van der Waals surface area contributed by atoms with E-state index in [0.29, 0.717) is 19.8 Å². The lowest BCUT2D eigenvalue weighted by Gasteiger charge is -2.28. The summed E-state index contributed by atoms with van der Waals surface area (Å²) in [5.74, 6) is 2.40. The SMILES string of the molecule is C=CC=CC=CCCCCCCCCCCCCCCCCCCSSSSCCC[Si](OCC)(OCC)OCC. The second kappa shape index (κ2) is 35.2.